The maximum Gasteiger partial charge on any atom is 0.155 e. The Morgan fingerprint density at radius 3 is 1.65 bits per heavy atom. The molecule has 3 aromatic rings. The number of hydrogen-bond donors (Lipinski definition) is 1. The molecule has 0 fully saturated rings. The van der Waals surface area contributed by atoms with Gasteiger partial charge in [0, 0.05) is 36.4 Å². The first kappa shape index (κ1) is 12.7. The normalized spacial score (nSPS) is 10.2. The van der Waals surface area contributed by atoms with Gasteiger partial charge >= 0.3 is 0 Å². The molecule has 3 rings (SSSR count). The quantitative estimate of drug-likeness (QED) is 0.581. The van der Waals surface area contributed by atoms with Crippen LogP contribution in [0.3, 0.4) is 0 Å². The summed E-state index contributed by atoms with van der Waals surface area (Å²) in [6.45, 7) is 0. The zero-order valence-corrected chi connectivity index (χ0v) is 11.5. The van der Waals surface area contributed by atoms with Crippen molar-refractivity contribution in [3.63, 3.8) is 0 Å². The molecule has 0 aliphatic heterocycles. The van der Waals surface area contributed by atoms with Gasteiger partial charge in [-0.1, -0.05) is 18.2 Å². The lowest BCUT2D eigenvalue weighted by Gasteiger charge is -2.11. The van der Waals surface area contributed by atoms with E-state index in [1.807, 2.05) is 54.6 Å². The maximum atomic E-state index is 5.30. The van der Waals surface area contributed by atoms with Crippen molar-refractivity contribution in [1.29, 1.82) is 0 Å². The predicted octanol–water partition coefficient (Wildman–Crippen LogP) is 4.03. The number of para-hydroxylation sites is 1. The zero-order valence-electron chi connectivity index (χ0n) is 10.6. The van der Waals surface area contributed by atoms with Gasteiger partial charge in [0.05, 0.1) is 11.4 Å². The van der Waals surface area contributed by atoms with E-state index in [0.29, 0.717) is 5.75 Å². The molecule has 0 saturated carbocycles. The fourth-order valence-electron chi connectivity index (χ4n) is 2.08. The Hall–Kier alpha value is -2.33. The molecule has 2 aromatic heterocycles. The number of rotatable bonds is 3. The Morgan fingerprint density at radius 2 is 1.25 bits per heavy atom. The smallest absolute Gasteiger partial charge is 0.155 e. The molecule has 1 aromatic carbocycles. The van der Waals surface area contributed by atoms with E-state index in [1.165, 1.54) is 0 Å². The number of nitrogens with zero attached hydrogens (tertiary/aromatic N) is 2. The standard InChI is InChI=1S/C16H12N2OS/c20-19-16-12(14-8-1-3-10-17-14)6-5-7-13(16)15-9-2-4-11-18-15/h1-11,20H. The van der Waals surface area contributed by atoms with E-state index in [1.54, 1.807) is 12.4 Å². The number of thiol groups is 1. The van der Waals surface area contributed by atoms with Crippen molar-refractivity contribution in [2.75, 3.05) is 0 Å². The Bertz CT molecular complexity index is 644. The Morgan fingerprint density at radius 1 is 0.700 bits per heavy atom. The SMILES string of the molecule is SOc1c(-c2ccccn2)cccc1-c1ccccn1. The molecule has 0 radical (unpaired) electrons. The average molecular weight is 280 g/mol. The van der Waals surface area contributed by atoms with Crippen molar-refractivity contribution < 1.29 is 4.18 Å². The number of hydrogen-bond acceptors (Lipinski definition) is 4. The van der Waals surface area contributed by atoms with Crippen molar-refractivity contribution in [1.82, 2.24) is 9.97 Å². The van der Waals surface area contributed by atoms with Crippen LogP contribution in [0.1, 0.15) is 0 Å². The van der Waals surface area contributed by atoms with Crippen molar-refractivity contribution >= 4 is 12.9 Å². The van der Waals surface area contributed by atoms with Crippen LogP contribution in [-0.2, 0) is 0 Å². The molecule has 4 heteroatoms. The molecule has 0 unspecified atom stereocenters. The summed E-state index contributed by atoms with van der Waals surface area (Å²) in [6.07, 6.45) is 3.51. The second-order valence-electron chi connectivity index (χ2n) is 4.20. The van der Waals surface area contributed by atoms with Crippen LogP contribution in [0.15, 0.2) is 67.0 Å². The van der Waals surface area contributed by atoms with Crippen LogP contribution in [0.2, 0.25) is 0 Å². The largest absolute Gasteiger partial charge is 0.428 e. The van der Waals surface area contributed by atoms with Gasteiger partial charge in [0.15, 0.2) is 5.75 Å². The molecular weight excluding hydrogens is 268 g/mol. The second-order valence-corrected chi connectivity index (χ2v) is 4.39. The summed E-state index contributed by atoms with van der Waals surface area (Å²) in [4.78, 5) is 8.72. The van der Waals surface area contributed by atoms with Gasteiger partial charge < -0.3 is 4.18 Å². The molecule has 20 heavy (non-hydrogen) atoms. The predicted molar refractivity (Wildman–Crippen MR) is 82.5 cm³/mol. The molecule has 98 valence electrons. The highest BCUT2D eigenvalue weighted by Gasteiger charge is 2.14. The molecule has 0 aliphatic carbocycles. The minimum atomic E-state index is 0.660. The molecule has 0 spiro atoms. The lowest BCUT2D eigenvalue weighted by Crippen LogP contribution is -1.91. The summed E-state index contributed by atoms with van der Waals surface area (Å²) in [5.41, 5.74) is 3.47. The van der Waals surface area contributed by atoms with Crippen LogP contribution in [0, 0.1) is 0 Å². The van der Waals surface area contributed by atoms with Crippen molar-refractivity contribution in [3.05, 3.63) is 67.0 Å². The van der Waals surface area contributed by atoms with Gasteiger partial charge in [0.1, 0.15) is 0 Å². The zero-order chi connectivity index (χ0) is 13.8. The lowest BCUT2D eigenvalue weighted by molar-refractivity contribution is 0.663. The summed E-state index contributed by atoms with van der Waals surface area (Å²) < 4.78 is 5.30. The first-order chi connectivity index (χ1) is 9.90. The van der Waals surface area contributed by atoms with E-state index >= 15 is 0 Å². The van der Waals surface area contributed by atoms with Gasteiger partial charge in [-0.05, 0) is 36.4 Å². The van der Waals surface area contributed by atoms with Crippen LogP contribution >= 0.6 is 12.9 Å². The van der Waals surface area contributed by atoms with E-state index in [4.69, 9.17) is 4.18 Å². The highest BCUT2D eigenvalue weighted by Crippen LogP contribution is 2.37. The lowest BCUT2D eigenvalue weighted by atomic mass is 10.0. The third kappa shape index (κ3) is 2.38. The summed E-state index contributed by atoms with van der Waals surface area (Å²) >= 11 is 3.99. The first-order valence-electron chi connectivity index (χ1n) is 6.17. The monoisotopic (exact) mass is 280 g/mol. The fourth-order valence-corrected chi connectivity index (χ4v) is 2.28. The van der Waals surface area contributed by atoms with Gasteiger partial charge in [0.2, 0.25) is 0 Å². The second kappa shape index (κ2) is 5.75. The van der Waals surface area contributed by atoms with Gasteiger partial charge in [-0.3, -0.25) is 9.97 Å². The van der Waals surface area contributed by atoms with Gasteiger partial charge in [0.25, 0.3) is 0 Å². The number of benzene rings is 1. The van der Waals surface area contributed by atoms with Gasteiger partial charge in [-0.2, -0.15) is 0 Å². The summed E-state index contributed by atoms with van der Waals surface area (Å²) in [7, 11) is 0. The molecule has 3 nitrogen and oxygen atoms in total. The van der Waals surface area contributed by atoms with Crippen LogP contribution in [0.4, 0.5) is 0 Å². The molecule has 0 bridgehead atoms. The molecular formula is C16H12N2OS. The third-order valence-electron chi connectivity index (χ3n) is 2.99. The Kier molecular flexibility index (Phi) is 3.65. The molecule has 0 saturated heterocycles. The number of aromatic nitrogens is 2. The maximum absolute atomic E-state index is 5.30. The summed E-state index contributed by atoms with van der Waals surface area (Å²) in [5, 5.41) is 0. The van der Waals surface area contributed by atoms with Crippen LogP contribution in [-0.4, -0.2) is 9.97 Å². The van der Waals surface area contributed by atoms with Gasteiger partial charge in [-0.15, -0.1) is 0 Å². The van der Waals surface area contributed by atoms with E-state index in [-0.39, 0.29) is 0 Å². The molecule has 2 heterocycles. The van der Waals surface area contributed by atoms with Crippen molar-refractivity contribution in [3.8, 4) is 28.3 Å². The van der Waals surface area contributed by atoms with Crippen LogP contribution < -0.4 is 4.18 Å². The van der Waals surface area contributed by atoms with E-state index in [0.717, 1.165) is 22.5 Å². The summed E-state index contributed by atoms with van der Waals surface area (Å²) in [5.74, 6) is 0.660. The molecule has 0 aliphatic rings. The van der Waals surface area contributed by atoms with E-state index in [9.17, 15) is 0 Å². The van der Waals surface area contributed by atoms with Gasteiger partial charge in [-0.25, -0.2) is 0 Å². The Labute approximate surface area is 122 Å². The molecule has 0 amide bonds. The highest BCUT2D eigenvalue weighted by atomic mass is 32.1. The minimum absolute atomic E-state index is 0.660. The molecule has 0 atom stereocenters. The average Bonchev–Trinajstić information content (AvgIpc) is 2.55. The minimum Gasteiger partial charge on any atom is -0.428 e. The first-order valence-corrected chi connectivity index (χ1v) is 6.54. The van der Waals surface area contributed by atoms with Crippen molar-refractivity contribution in [2.24, 2.45) is 0 Å². The topological polar surface area (TPSA) is 35.0 Å². The van der Waals surface area contributed by atoms with Crippen LogP contribution in [0.25, 0.3) is 22.5 Å². The number of pyridine rings is 2. The van der Waals surface area contributed by atoms with Crippen LogP contribution in [0.5, 0.6) is 5.75 Å². The fraction of sp³-hybridized carbons (Fsp3) is 0. The Balaban J connectivity index is 2.19. The highest BCUT2D eigenvalue weighted by molar-refractivity contribution is 7.75. The molecule has 0 N–H and O–H groups in total. The van der Waals surface area contributed by atoms with E-state index in [2.05, 4.69) is 22.9 Å². The summed E-state index contributed by atoms with van der Waals surface area (Å²) in [6, 6.07) is 17.4. The van der Waals surface area contributed by atoms with E-state index < -0.39 is 0 Å². The third-order valence-corrected chi connectivity index (χ3v) is 3.17. The van der Waals surface area contributed by atoms with Crippen molar-refractivity contribution in [2.45, 2.75) is 0 Å².